The molecule has 0 aromatic heterocycles. The highest BCUT2D eigenvalue weighted by atomic mass is 79.9. The molecule has 1 N–H and O–H groups in total. The molecule has 1 aromatic rings. The van der Waals surface area contributed by atoms with Crippen molar-refractivity contribution in [1.82, 2.24) is 4.90 Å². The number of halogens is 3. The Morgan fingerprint density at radius 1 is 1.41 bits per heavy atom. The third-order valence-electron chi connectivity index (χ3n) is 3.59. The molecule has 0 aliphatic carbocycles. The van der Waals surface area contributed by atoms with Crippen LogP contribution in [0, 0.1) is 0 Å². The summed E-state index contributed by atoms with van der Waals surface area (Å²) in [7, 11) is 1.66. The van der Waals surface area contributed by atoms with E-state index < -0.39 is 5.79 Å². The van der Waals surface area contributed by atoms with E-state index in [0.717, 1.165) is 44.2 Å². The Hall–Kier alpha value is 0.340. The summed E-state index contributed by atoms with van der Waals surface area (Å²) in [5.74, 6) is -0.288. The lowest BCUT2D eigenvalue weighted by Gasteiger charge is -2.40. The molecule has 2 rings (SSSR count). The average molecular weight is 502 g/mol. The van der Waals surface area contributed by atoms with Crippen LogP contribution in [0.4, 0.5) is 0 Å². The van der Waals surface area contributed by atoms with Crippen LogP contribution in [0.25, 0.3) is 0 Å². The van der Waals surface area contributed by atoms with Crippen molar-refractivity contribution in [1.29, 1.82) is 0 Å². The van der Waals surface area contributed by atoms with E-state index in [1.165, 1.54) is 0 Å². The largest absolute Gasteiger partial charge is 0.494 e. The van der Waals surface area contributed by atoms with E-state index in [9.17, 15) is 5.11 Å². The molecule has 1 aliphatic rings. The van der Waals surface area contributed by atoms with Gasteiger partial charge in [-0.1, -0.05) is 15.9 Å². The van der Waals surface area contributed by atoms with Crippen molar-refractivity contribution in [2.75, 3.05) is 26.7 Å². The fraction of sp³-hybridized carbons (Fsp3) is 0.600. The molecule has 2 atom stereocenters. The summed E-state index contributed by atoms with van der Waals surface area (Å²) >= 11 is 10.7. The van der Waals surface area contributed by atoms with Crippen LogP contribution in [0.5, 0.6) is 5.75 Å². The van der Waals surface area contributed by atoms with Crippen molar-refractivity contribution < 1.29 is 14.6 Å². The van der Waals surface area contributed by atoms with E-state index >= 15 is 0 Å². The number of morpholine rings is 1. The number of benzene rings is 1. The molecule has 0 saturated carbocycles. The zero-order valence-corrected chi connectivity index (χ0v) is 17.6. The van der Waals surface area contributed by atoms with Gasteiger partial charge >= 0.3 is 0 Å². The van der Waals surface area contributed by atoms with Crippen LogP contribution in [0.2, 0.25) is 0 Å². The summed E-state index contributed by atoms with van der Waals surface area (Å²) in [4.78, 5) is 2.22. The van der Waals surface area contributed by atoms with E-state index in [1.54, 1.807) is 14.0 Å². The van der Waals surface area contributed by atoms with Crippen molar-refractivity contribution in [3.05, 3.63) is 25.0 Å². The molecule has 1 aliphatic heterocycles. The van der Waals surface area contributed by atoms with Gasteiger partial charge in [-0.3, -0.25) is 4.90 Å². The summed E-state index contributed by atoms with van der Waals surface area (Å²) < 4.78 is 13.8. The van der Waals surface area contributed by atoms with Gasteiger partial charge in [-0.15, -0.1) is 0 Å². The third-order valence-corrected chi connectivity index (χ3v) is 5.73. The Labute approximate surface area is 156 Å². The first-order valence-corrected chi connectivity index (χ1v) is 9.44. The van der Waals surface area contributed by atoms with Gasteiger partial charge in [0.1, 0.15) is 5.75 Å². The van der Waals surface area contributed by atoms with E-state index in [-0.39, 0.29) is 6.10 Å². The van der Waals surface area contributed by atoms with Gasteiger partial charge in [0, 0.05) is 17.6 Å². The van der Waals surface area contributed by atoms with Crippen LogP contribution >= 0.6 is 47.8 Å². The van der Waals surface area contributed by atoms with Crippen LogP contribution in [0.1, 0.15) is 19.4 Å². The maximum absolute atomic E-state index is 10.1. The molecule has 0 unspecified atom stereocenters. The Kier molecular flexibility index (Phi) is 6.36. The zero-order chi connectivity index (χ0) is 16.5. The molecule has 0 radical (unpaired) electrons. The summed E-state index contributed by atoms with van der Waals surface area (Å²) in [6.07, 6.45) is 0.864. The molecular formula is C15H20Br3NO3. The van der Waals surface area contributed by atoms with Crippen molar-refractivity contribution in [3.63, 3.8) is 0 Å². The third kappa shape index (κ3) is 4.45. The van der Waals surface area contributed by atoms with Crippen molar-refractivity contribution in [2.45, 2.75) is 32.2 Å². The van der Waals surface area contributed by atoms with Crippen molar-refractivity contribution in [3.8, 4) is 5.75 Å². The lowest BCUT2D eigenvalue weighted by Crippen LogP contribution is -2.53. The Morgan fingerprint density at radius 2 is 2.09 bits per heavy atom. The van der Waals surface area contributed by atoms with Crippen LogP contribution in [-0.2, 0) is 11.2 Å². The summed E-state index contributed by atoms with van der Waals surface area (Å²) in [6, 6.07) is 2.00. The zero-order valence-electron chi connectivity index (χ0n) is 12.8. The fourth-order valence-corrected chi connectivity index (χ4v) is 5.66. The van der Waals surface area contributed by atoms with Gasteiger partial charge in [-0.05, 0) is 63.8 Å². The normalized spacial score (nSPS) is 26.2. The topological polar surface area (TPSA) is 41.9 Å². The van der Waals surface area contributed by atoms with Crippen molar-refractivity contribution in [2.24, 2.45) is 0 Å². The maximum Gasteiger partial charge on any atom is 0.175 e. The predicted octanol–water partition coefficient (Wildman–Crippen LogP) is 3.95. The number of methoxy groups -OCH3 is 1. The Bertz CT molecular complexity index is 551. The average Bonchev–Trinajstić information content (AvgIpc) is 2.36. The molecule has 1 heterocycles. The second kappa shape index (κ2) is 7.49. The SMILES string of the molecule is COc1c(Br)cc(Br)c(CCN2C[C@H](C)O[C@@](C)(O)C2)c1Br. The van der Waals surface area contributed by atoms with Gasteiger partial charge in [0.25, 0.3) is 0 Å². The maximum atomic E-state index is 10.1. The molecular weight excluding hydrogens is 482 g/mol. The minimum atomic E-state index is -1.08. The van der Waals surface area contributed by atoms with Crippen molar-refractivity contribution >= 4 is 47.8 Å². The molecule has 0 bridgehead atoms. The van der Waals surface area contributed by atoms with Gasteiger partial charge in [0.2, 0.25) is 0 Å². The number of aliphatic hydroxyl groups is 1. The minimum Gasteiger partial charge on any atom is -0.494 e. The number of β-amino-alcohol motifs (C(OH)–C–C–N with tert-alkyl or cyclic N) is 1. The lowest BCUT2D eigenvalue weighted by molar-refractivity contribution is -0.252. The number of nitrogens with zero attached hydrogens (tertiary/aromatic N) is 1. The second-order valence-corrected chi connectivity index (χ2v) is 8.26. The molecule has 1 aromatic carbocycles. The number of hydrogen-bond donors (Lipinski definition) is 1. The van der Waals surface area contributed by atoms with Crippen LogP contribution < -0.4 is 4.74 Å². The highest BCUT2D eigenvalue weighted by Gasteiger charge is 2.33. The highest BCUT2D eigenvalue weighted by Crippen LogP contribution is 2.40. The Morgan fingerprint density at radius 3 is 2.68 bits per heavy atom. The first-order valence-electron chi connectivity index (χ1n) is 7.06. The first-order chi connectivity index (χ1) is 10.2. The minimum absolute atomic E-state index is 0.0232. The van der Waals surface area contributed by atoms with E-state index in [0.29, 0.717) is 6.54 Å². The number of hydrogen-bond acceptors (Lipinski definition) is 4. The van der Waals surface area contributed by atoms with Crippen LogP contribution in [0.3, 0.4) is 0 Å². The number of rotatable bonds is 4. The van der Waals surface area contributed by atoms with Gasteiger partial charge < -0.3 is 14.6 Å². The molecule has 0 amide bonds. The van der Waals surface area contributed by atoms with Crippen LogP contribution in [0.15, 0.2) is 19.5 Å². The Balaban J connectivity index is 2.12. The summed E-state index contributed by atoms with van der Waals surface area (Å²) in [5, 5.41) is 10.1. The molecule has 0 spiro atoms. The lowest BCUT2D eigenvalue weighted by atomic mass is 10.1. The molecule has 4 nitrogen and oxygen atoms in total. The monoisotopic (exact) mass is 499 g/mol. The number of ether oxygens (including phenoxy) is 2. The van der Waals surface area contributed by atoms with E-state index in [1.807, 2.05) is 13.0 Å². The van der Waals surface area contributed by atoms with E-state index in [2.05, 4.69) is 52.7 Å². The fourth-order valence-electron chi connectivity index (χ4n) is 2.82. The van der Waals surface area contributed by atoms with Gasteiger partial charge in [-0.2, -0.15) is 0 Å². The van der Waals surface area contributed by atoms with E-state index in [4.69, 9.17) is 9.47 Å². The van der Waals surface area contributed by atoms with Crippen LogP contribution in [-0.4, -0.2) is 48.6 Å². The second-order valence-electron chi connectivity index (χ2n) is 5.75. The predicted molar refractivity (Wildman–Crippen MR) is 97.4 cm³/mol. The molecule has 1 fully saturated rings. The molecule has 1 saturated heterocycles. The molecule has 7 heteroatoms. The standard InChI is InChI=1S/C15H20Br3NO3/c1-9-7-19(8-15(2,20)22-9)5-4-10-11(16)6-12(17)14(21-3)13(10)18/h6,9,20H,4-5,7-8H2,1-3H3/t9-,15+/m0/s1. The van der Waals surface area contributed by atoms with Gasteiger partial charge in [0.15, 0.2) is 5.79 Å². The highest BCUT2D eigenvalue weighted by molar-refractivity contribution is 9.11. The molecule has 124 valence electrons. The summed E-state index contributed by atoms with van der Waals surface area (Å²) in [6.45, 7) is 5.87. The van der Waals surface area contributed by atoms with Gasteiger partial charge in [0.05, 0.1) is 28.7 Å². The first kappa shape index (κ1) is 18.7. The summed E-state index contributed by atoms with van der Waals surface area (Å²) in [5.41, 5.74) is 1.15. The van der Waals surface area contributed by atoms with Gasteiger partial charge in [-0.25, -0.2) is 0 Å². The quantitative estimate of drug-likeness (QED) is 0.678. The smallest absolute Gasteiger partial charge is 0.175 e. The molecule has 22 heavy (non-hydrogen) atoms.